The molecule has 4 aromatic rings. The van der Waals surface area contributed by atoms with Crippen molar-refractivity contribution in [1.82, 2.24) is 14.6 Å². The topological polar surface area (TPSA) is 114 Å². The molecule has 0 fully saturated rings. The molecule has 1 aromatic heterocycles. The van der Waals surface area contributed by atoms with Gasteiger partial charge >= 0.3 is 5.76 Å². The van der Waals surface area contributed by atoms with Crippen LogP contribution in [-0.4, -0.2) is 45.1 Å². The summed E-state index contributed by atoms with van der Waals surface area (Å²) in [5.41, 5.74) is 2.53. The van der Waals surface area contributed by atoms with Crippen LogP contribution < -0.4 is 20.7 Å². The van der Waals surface area contributed by atoms with Crippen LogP contribution in [0.15, 0.2) is 93.0 Å². The first kappa shape index (κ1) is 26.2. The number of anilines is 1. The average Bonchev–Trinajstić information content (AvgIpc) is 3.19. The minimum atomic E-state index is -4.09. The molecule has 9 nitrogen and oxygen atoms in total. The number of aromatic nitrogens is 1. The minimum absolute atomic E-state index is 0.0929. The Morgan fingerprint density at radius 3 is 2.41 bits per heavy atom. The molecular weight excluding hydrogens is 492 g/mol. The van der Waals surface area contributed by atoms with Gasteiger partial charge in [0.1, 0.15) is 6.04 Å². The van der Waals surface area contributed by atoms with Crippen molar-refractivity contribution < 1.29 is 17.6 Å². The summed E-state index contributed by atoms with van der Waals surface area (Å²) in [5.74, 6) is -1.00. The second-order valence-corrected chi connectivity index (χ2v) is 10.5. The van der Waals surface area contributed by atoms with E-state index in [-0.39, 0.29) is 16.9 Å². The van der Waals surface area contributed by atoms with Crippen molar-refractivity contribution in [1.29, 1.82) is 0 Å². The molecule has 1 amide bonds. The first-order valence-corrected chi connectivity index (χ1v) is 13.4. The molecule has 0 aliphatic rings. The van der Waals surface area contributed by atoms with Gasteiger partial charge < -0.3 is 14.6 Å². The van der Waals surface area contributed by atoms with Gasteiger partial charge in [0.15, 0.2) is 5.58 Å². The Kier molecular flexibility index (Phi) is 8.10. The van der Waals surface area contributed by atoms with Crippen molar-refractivity contribution in [2.75, 3.05) is 25.0 Å². The van der Waals surface area contributed by atoms with Crippen LogP contribution in [0, 0.1) is 0 Å². The van der Waals surface area contributed by atoms with Gasteiger partial charge in [0.05, 0.1) is 10.4 Å². The highest BCUT2D eigenvalue weighted by Gasteiger charge is 2.26. The van der Waals surface area contributed by atoms with Gasteiger partial charge in [-0.2, -0.15) is 4.72 Å². The van der Waals surface area contributed by atoms with Crippen LogP contribution in [-0.2, 0) is 28.3 Å². The fourth-order valence-electron chi connectivity index (χ4n) is 4.04. The number of oxazole rings is 1. The number of rotatable bonds is 11. The zero-order valence-electron chi connectivity index (χ0n) is 20.8. The van der Waals surface area contributed by atoms with Gasteiger partial charge in [0.25, 0.3) is 0 Å². The summed E-state index contributed by atoms with van der Waals surface area (Å²) < 4.78 is 35.4. The number of carbonyl (C=O) groups is 1. The van der Waals surface area contributed by atoms with Crippen LogP contribution in [0.3, 0.4) is 0 Å². The van der Waals surface area contributed by atoms with E-state index in [1.54, 1.807) is 7.05 Å². The van der Waals surface area contributed by atoms with E-state index in [9.17, 15) is 18.0 Å². The molecule has 1 atom stereocenters. The van der Waals surface area contributed by atoms with E-state index in [1.165, 1.54) is 22.8 Å². The lowest BCUT2D eigenvalue weighted by Crippen LogP contribution is -2.48. The van der Waals surface area contributed by atoms with Crippen molar-refractivity contribution in [2.45, 2.75) is 23.8 Å². The Bertz CT molecular complexity index is 1510. The SMILES string of the molecule is CN(CCCNC(=O)[C@H](Cc1ccccc1)NS(=O)(=O)c1ccc2c(c1)oc(=O)n2C)c1ccccc1. The molecule has 194 valence electrons. The largest absolute Gasteiger partial charge is 0.419 e. The monoisotopic (exact) mass is 522 g/mol. The summed E-state index contributed by atoms with van der Waals surface area (Å²) in [6, 6.07) is 22.3. The number of carbonyl (C=O) groups excluding carboxylic acids is 1. The standard InChI is InChI=1S/C27H30N4O5S/c1-30(21-12-7-4-8-13-21)17-9-16-28-26(32)23(18-20-10-5-3-6-11-20)29-37(34,35)22-14-15-24-25(19-22)36-27(33)31(24)2/h3-8,10-15,19,23,29H,9,16-18H2,1-2H3,(H,28,32)/t23-/m0/s1. The van der Waals surface area contributed by atoms with Crippen molar-refractivity contribution in [3.8, 4) is 0 Å². The maximum absolute atomic E-state index is 13.2. The van der Waals surface area contributed by atoms with Crippen LogP contribution in [0.1, 0.15) is 12.0 Å². The van der Waals surface area contributed by atoms with E-state index in [1.807, 2.05) is 67.7 Å². The number of para-hydroxylation sites is 1. The molecule has 0 unspecified atom stereocenters. The number of benzene rings is 3. The van der Waals surface area contributed by atoms with Crippen molar-refractivity contribution in [3.05, 3.63) is 95.0 Å². The number of sulfonamides is 1. The quantitative estimate of drug-likeness (QED) is 0.293. The predicted octanol–water partition coefficient (Wildman–Crippen LogP) is 2.66. The Labute approximate surface area is 215 Å². The zero-order chi connectivity index (χ0) is 26.4. The lowest BCUT2D eigenvalue weighted by Gasteiger charge is -2.21. The summed E-state index contributed by atoms with van der Waals surface area (Å²) in [4.78, 5) is 26.9. The molecule has 3 aromatic carbocycles. The fraction of sp³-hybridized carbons (Fsp3) is 0.259. The molecule has 4 rings (SSSR count). The normalized spacial score (nSPS) is 12.4. The summed E-state index contributed by atoms with van der Waals surface area (Å²) in [6.45, 7) is 1.12. The third kappa shape index (κ3) is 6.46. The third-order valence-corrected chi connectivity index (χ3v) is 7.61. The molecule has 0 aliphatic heterocycles. The Morgan fingerprint density at radius 2 is 1.70 bits per heavy atom. The number of amides is 1. The minimum Gasteiger partial charge on any atom is -0.408 e. The number of aryl methyl sites for hydroxylation is 1. The first-order valence-electron chi connectivity index (χ1n) is 11.9. The highest BCUT2D eigenvalue weighted by Crippen LogP contribution is 2.19. The second kappa shape index (κ2) is 11.4. The lowest BCUT2D eigenvalue weighted by atomic mass is 10.1. The van der Waals surface area contributed by atoms with Crippen molar-refractivity contribution in [3.63, 3.8) is 0 Å². The molecule has 0 saturated heterocycles. The molecule has 0 bridgehead atoms. The van der Waals surface area contributed by atoms with Gasteiger partial charge in [-0.1, -0.05) is 48.5 Å². The van der Waals surface area contributed by atoms with Gasteiger partial charge in [-0.3, -0.25) is 9.36 Å². The van der Waals surface area contributed by atoms with Gasteiger partial charge in [-0.05, 0) is 42.7 Å². The van der Waals surface area contributed by atoms with Gasteiger partial charge in [-0.15, -0.1) is 0 Å². The maximum atomic E-state index is 13.2. The van der Waals surface area contributed by atoms with Gasteiger partial charge in [0.2, 0.25) is 15.9 Å². The Morgan fingerprint density at radius 1 is 1.03 bits per heavy atom. The molecule has 1 heterocycles. The fourth-order valence-corrected chi connectivity index (χ4v) is 5.25. The Hall–Kier alpha value is -3.89. The summed E-state index contributed by atoms with van der Waals surface area (Å²) in [7, 11) is -0.569. The highest BCUT2D eigenvalue weighted by atomic mass is 32.2. The van der Waals surface area contributed by atoms with Crippen LogP contribution in [0.4, 0.5) is 5.69 Å². The van der Waals surface area contributed by atoms with E-state index in [4.69, 9.17) is 4.42 Å². The molecule has 0 saturated carbocycles. The van der Waals surface area contributed by atoms with Gasteiger partial charge in [0, 0.05) is 38.9 Å². The number of nitrogens with zero attached hydrogens (tertiary/aromatic N) is 2. The first-order chi connectivity index (χ1) is 17.7. The number of nitrogens with one attached hydrogen (secondary N) is 2. The van der Waals surface area contributed by atoms with E-state index >= 15 is 0 Å². The van der Waals surface area contributed by atoms with E-state index in [0.717, 1.165) is 17.8 Å². The van der Waals surface area contributed by atoms with Crippen LogP contribution in [0.2, 0.25) is 0 Å². The molecule has 37 heavy (non-hydrogen) atoms. The summed E-state index contributed by atoms with van der Waals surface area (Å²) >= 11 is 0. The van der Waals surface area contributed by atoms with E-state index in [0.29, 0.717) is 18.5 Å². The van der Waals surface area contributed by atoms with Crippen molar-refractivity contribution >= 4 is 32.7 Å². The average molecular weight is 523 g/mol. The summed E-state index contributed by atoms with van der Waals surface area (Å²) in [5, 5.41) is 2.87. The van der Waals surface area contributed by atoms with Crippen LogP contribution in [0.5, 0.6) is 0 Å². The predicted molar refractivity (Wildman–Crippen MR) is 143 cm³/mol. The second-order valence-electron chi connectivity index (χ2n) is 8.82. The molecule has 2 N–H and O–H groups in total. The molecular formula is C27H30N4O5S. The molecule has 10 heteroatoms. The van der Waals surface area contributed by atoms with Crippen LogP contribution >= 0.6 is 0 Å². The zero-order valence-corrected chi connectivity index (χ0v) is 21.6. The van der Waals surface area contributed by atoms with Crippen molar-refractivity contribution in [2.24, 2.45) is 7.05 Å². The van der Waals surface area contributed by atoms with Crippen LogP contribution in [0.25, 0.3) is 11.1 Å². The maximum Gasteiger partial charge on any atom is 0.419 e. The lowest BCUT2D eigenvalue weighted by molar-refractivity contribution is -0.122. The number of hydrogen-bond donors (Lipinski definition) is 2. The molecule has 0 radical (unpaired) electrons. The highest BCUT2D eigenvalue weighted by molar-refractivity contribution is 7.89. The smallest absolute Gasteiger partial charge is 0.408 e. The van der Waals surface area contributed by atoms with E-state index < -0.39 is 27.7 Å². The summed E-state index contributed by atoms with van der Waals surface area (Å²) in [6.07, 6.45) is 0.865. The molecule has 0 spiro atoms. The van der Waals surface area contributed by atoms with Gasteiger partial charge in [-0.25, -0.2) is 13.2 Å². The molecule has 0 aliphatic carbocycles. The van der Waals surface area contributed by atoms with E-state index in [2.05, 4.69) is 14.9 Å². The number of hydrogen-bond acceptors (Lipinski definition) is 6. The third-order valence-electron chi connectivity index (χ3n) is 6.14. The number of fused-ring (bicyclic) bond motifs is 1. The Balaban J connectivity index is 1.45.